The number of hydrogen-bond acceptors (Lipinski definition) is 3. The maximum Gasteiger partial charge on any atom is 0.254 e. The van der Waals surface area contributed by atoms with Gasteiger partial charge in [0.2, 0.25) is 0 Å². The highest BCUT2D eigenvalue weighted by Crippen LogP contribution is 2.16. The first-order valence-corrected chi connectivity index (χ1v) is 6.70. The van der Waals surface area contributed by atoms with Crippen LogP contribution in [0.5, 0.6) is 5.75 Å². The van der Waals surface area contributed by atoms with Crippen LogP contribution in [0.2, 0.25) is 10.3 Å². The number of pyridine rings is 1. The standard InChI is InChI=1S/C14H12Cl2N2O2/c15-12-6-5-11(13(16)18-12)14(20)17-8-7-9-1-3-10(19)4-2-9/h1-6,19H,7-8H2,(H,17,20). The topological polar surface area (TPSA) is 62.2 Å². The lowest BCUT2D eigenvalue weighted by atomic mass is 10.1. The molecule has 2 aromatic rings. The van der Waals surface area contributed by atoms with Gasteiger partial charge in [-0.15, -0.1) is 0 Å². The van der Waals surface area contributed by atoms with Gasteiger partial charge in [-0.3, -0.25) is 4.79 Å². The minimum Gasteiger partial charge on any atom is -0.508 e. The maximum absolute atomic E-state index is 11.9. The number of phenolic OH excluding ortho intramolecular Hbond substituents is 1. The Kier molecular flexibility index (Phi) is 4.82. The van der Waals surface area contributed by atoms with Gasteiger partial charge in [-0.1, -0.05) is 35.3 Å². The van der Waals surface area contributed by atoms with Crippen LogP contribution in [0.1, 0.15) is 15.9 Å². The van der Waals surface area contributed by atoms with Gasteiger partial charge in [0.25, 0.3) is 5.91 Å². The number of benzene rings is 1. The average Bonchev–Trinajstić information content (AvgIpc) is 2.41. The van der Waals surface area contributed by atoms with E-state index in [1.807, 2.05) is 0 Å². The molecule has 6 heteroatoms. The molecule has 0 radical (unpaired) electrons. The van der Waals surface area contributed by atoms with E-state index in [2.05, 4.69) is 10.3 Å². The summed E-state index contributed by atoms with van der Waals surface area (Å²) >= 11 is 11.5. The van der Waals surface area contributed by atoms with E-state index in [4.69, 9.17) is 28.3 Å². The Morgan fingerprint density at radius 3 is 2.50 bits per heavy atom. The van der Waals surface area contributed by atoms with E-state index in [1.165, 1.54) is 12.1 Å². The number of nitrogens with zero attached hydrogens (tertiary/aromatic N) is 1. The molecule has 0 fully saturated rings. The van der Waals surface area contributed by atoms with E-state index in [0.29, 0.717) is 18.5 Å². The molecule has 2 rings (SSSR count). The number of phenols is 1. The molecule has 104 valence electrons. The second-order valence-corrected chi connectivity index (χ2v) is 4.89. The van der Waals surface area contributed by atoms with Crippen LogP contribution in [0.15, 0.2) is 36.4 Å². The van der Waals surface area contributed by atoms with E-state index in [9.17, 15) is 4.79 Å². The van der Waals surface area contributed by atoms with Crippen molar-refractivity contribution in [2.75, 3.05) is 6.54 Å². The van der Waals surface area contributed by atoms with Gasteiger partial charge in [0.05, 0.1) is 5.56 Å². The molecular weight excluding hydrogens is 299 g/mol. The van der Waals surface area contributed by atoms with Crippen molar-refractivity contribution in [1.29, 1.82) is 0 Å². The van der Waals surface area contributed by atoms with Gasteiger partial charge < -0.3 is 10.4 Å². The third kappa shape index (κ3) is 3.85. The molecule has 1 amide bonds. The van der Waals surface area contributed by atoms with Crippen molar-refractivity contribution >= 4 is 29.1 Å². The Hall–Kier alpha value is -1.78. The lowest BCUT2D eigenvalue weighted by molar-refractivity contribution is 0.0954. The molecule has 0 saturated heterocycles. The molecule has 0 spiro atoms. The van der Waals surface area contributed by atoms with E-state index >= 15 is 0 Å². The van der Waals surface area contributed by atoms with Gasteiger partial charge in [-0.25, -0.2) is 4.98 Å². The summed E-state index contributed by atoms with van der Waals surface area (Å²) in [5.74, 6) is -0.0743. The average molecular weight is 311 g/mol. The SMILES string of the molecule is O=C(NCCc1ccc(O)cc1)c1ccc(Cl)nc1Cl. The highest BCUT2D eigenvalue weighted by Gasteiger charge is 2.11. The van der Waals surface area contributed by atoms with Gasteiger partial charge in [0, 0.05) is 6.54 Å². The number of carbonyl (C=O) groups is 1. The van der Waals surface area contributed by atoms with E-state index in [1.54, 1.807) is 24.3 Å². The van der Waals surface area contributed by atoms with Gasteiger partial charge in [0.1, 0.15) is 16.1 Å². The normalized spacial score (nSPS) is 10.3. The van der Waals surface area contributed by atoms with Crippen molar-refractivity contribution in [2.24, 2.45) is 0 Å². The number of rotatable bonds is 4. The van der Waals surface area contributed by atoms with E-state index in [-0.39, 0.29) is 22.0 Å². The van der Waals surface area contributed by atoms with Gasteiger partial charge in [-0.2, -0.15) is 0 Å². The molecular formula is C14H12Cl2N2O2. The fraction of sp³-hybridized carbons (Fsp3) is 0.143. The van der Waals surface area contributed by atoms with Gasteiger partial charge >= 0.3 is 0 Å². The third-order valence-corrected chi connectivity index (χ3v) is 3.19. The lowest BCUT2D eigenvalue weighted by Crippen LogP contribution is -2.26. The molecule has 2 N–H and O–H groups in total. The number of halogens is 2. The van der Waals surface area contributed by atoms with Crippen molar-refractivity contribution in [3.8, 4) is 5.75 Å². The largest absolute Gasteiger partial charge is 0.508 e. The van der Waals surface area contributed by atoms with Crippen LogP contribution in [-0.4, -0.2) is 22.5 Å². The highest BCUT2D eigenvalue weighted by atomic mass is 35.5. The van der Waals surface area contributed by atoms with Crippen LogP contribution in [0.4, 0.5) is 0 Å². The molecule has 1 aromatic heterocycles. The van der Waals surface area contributed by atoms with Gasteiger partial charge in [-0.05, 0) is 36.2 Å². The minimum atomic E-state index is -0.294. The monoisotopic (exact) mass is 310 g/mol. The molecule has 20 heavy (non-hydrogen) atoms. The fourth-order valence-corrected chi connectivity index (χ4v) is 2.09. The van der Waals surface area contributed by atoms with Crippen LogP contribution >= 0.6 is 23.2 Å². The first-order valence-electron chi connectivity index (χ1n) is 5.94. The summed E-state index contributed by atoms with van der Waals surface area (Å²) in [6, 6.07) is 9.88. The van der Waals surface area contributed by atoms with Gasteiger partial charge in [0.15, 0.2) is 0 Å². The van der Waals surface area contributed by atoms with Crippen LogP contribution in [-0.2, 0) is 6.42 Å². The number of hydrogen-bond donors (Lipinski definition) is 2. The Morgan fingerprint density at radius 1 is 1.15 bits per heavy atom. The predicted molar refractivity (Wildman–Crippen MR) is 78.4 cm³/mol. The molecule has 0 aliphatic carbocycles. The van der Waals surface area contributed by atoms with Crippen LogP contribution < -0.4 is 5.32 Å². The molecule has 0 saturated carbocycles. The first-order chi connectivity index (χ1) is 9.56. The number of amides is 1. The molecule has 0 aliphatic heterocycles. The summed E-state index contributed by atoms with van der Waals surface area (Å²) in [6.07, 6.45) is 0.657. The molecule has 1 aromatic carbocycles. The van der Waals surface area contributed by atoms with Crippen LogP contribution in [0, 0.1) is 0 Å². The van der Waals surface area contributed by atoms with Crippen molar-refractivity contribution in [1.82, 2.24) is 10.3 Å². The highest BCUT2D eigenvalue weighted by molar-refractivity contribution is 6.34. The summed E-state index contributed by atoms with van der Waals surface area (Å²) in [6.45, 7) is 0.461. The van der Waals surface area contributed by atoms with Crippen molar-refractivity contribution in [3.05, 3.63) is 57.8 Å². The summed E-state index contributed by atoms with van der Waals surface area (Å²) < 4.78 is 0. The van der Waals surface area contributed by atoms with Crippen molar-refractivity contribution in [2.45, 2.75) is 6.42 Å². The predicted octanol–water partition coefficient (Wildman–Crippen LogP) is 3.07. The Morgan fingerprint density at radius 2 is 1.85 bits per heavy atom. The summed E-state index contributed by atoms with van der Waals surface area (Å²) in [5, 5.41) is 12.3. The Labute approximate surface area is 126 Å². The molecule has 0 atom stereocenters. The molecule has 1 heterocycles. The Balaban J connectivity index is 1.90. The van der Waals surface area contributed by atoms with Crippen molar-refractivity contribution in [3.63, 3.8) is 0 Å². The maximum atomic E-state index is 11.9. The van der Waals surface area contributed by atoms with Crippen LogP contribution in [0.25, 0.3) is 0 Å². The molecule has 0 bridgehead atoms. The third-order valence-electron chi connectivity index (χ3n) is 2.69. The number of aromatic hydroxyl groups is 1. The molecule has 0 unspecified atom stereocenters. The molecule has 4 nitrogen and oxygen atoms in total. The lowest BCUT2D eigenvalue weighted by Gasteiger charge is -2.06. The summed E-state index contributed by atoms with van der Waals surface area (Å²) in [4.78, 5) is 15.7. The van der Waals surface area contributed by atoms with Crippen LogP contribution in [0.3, 0.4) is 0 Å². The fourth-order valence-electron chi connectivity index (χ4n) is 1.66. The second kappa shape index (κ2) is 6.59. The zero-order valence-corrected chi connectivity index (χ0v) is 11.9. The van der Waals surface area contributed by atoms with E-state index in [0.717, 1.165) is 5.56 Å². The summed E-state index contributed by atoms with van der Waals surface area (Å²) in [5.41, 5.74) is 1.31. The number of carbonyl (C=O) groups excluding carboxylic acids is 1. The molecule has 0 aliphatic rings. The smallest absolute Gasteiger partial charge is 0.254 e. The second-order valence-electron chi connectivity index (χ2n) is 4.14. The zero-order chi connectivity index (χ0) is 14.5. The van der Waals surface area contributed by atoms with Crippen molar-refractivity contribution < 1.29 is 9.90 Å². The Bertz CT molecular complexity index is 615. The zero-order valence-electron chi connectivity index (χ0n) is 10.4. The summed E-state index contributed by atoms with van der Waals surface area (Å²) in [7, 11) is 0. The first kappa shape index (κ1) is 14.6. The number of nitrogens with one attached hydrogen (secondary N) is 1. The minimum absolute atomic E-state index is 0.0830. The number of aromatic nitrogens is 1. The quantitative estimate of drug-likeness (QED) is 0.853. The van der Waals surface area contributed by atoms with E-state index < -0.39 is 0 Å².